The highest BCUT2D eigenvalue weighted by atomic mass is 32.2. The maximum absolute atomic E-state index is 13.0. The molecule has 0 bridgehead atoms. The fourth-order valence-corrected chi connectivity index (χ4v) is 15.1. The highest BCUT2D eigenvalue weighted by molar-refractivity contribution is 7.89. The number of carboxylic acid groups (broad SMARTS) is 1. The number of sulfonamides is 3. The van der Waals surface area contributed by atoms with Gasteiger partial charge in [-0.3, -0.25) is 24.0 Å². The van der Waals surface area contributed by atoms with Crippen molar-refractivity contribution in [1.29, 1.82) is 0 Å². The first kappa shape index (κ1) is 93.7. The molecule has 6 aromatic rings. The summed E-state index contributed by atoms with van der Waals surface area (Å²) in [7, 11) is 9.61. The van der Waals surface area contributed by atoms with Crippen molar-refractivity contribution in [2.45, 2.75) is 75.9 Å². The minimum absolute atomic E-state index is 0.00848. The zero-order chi connectivity index (χ0) is 81.9. The largest absolute Gasteiger partial charge is 0.497 e. The van der Waals surface area contributed by atoms with Crippen LogP contribution in [0.2, 0.25) is 0 Å². The molecule has 0 spiro atoms. The van der Waals surface area contributed by atoms with Gasteiger partial charge in [0.15, 0.2) is 0 Å². The summed E-state index contributed by atoms with van der Waals surface area (Å²) in [5.74, 6) is -4.26. The van der Waals surface area contributed by atoms with Crippen molar-refractivity contribution >= 4 is 82.6 Å². The Hall–Kier alpha value is -9.49. The third-order valence-corrected chi connectivity index (χ3v) is 22.9. The van der Waals surface area contributed by atoms with E-state index in [1.54, 1.807) is 77.9 Å². The highest BCUT2D eigenvalue weighted by Crippen LogP contribution is 2.30. The van der Waals surface area contributed by atoms with E-state index in [2.05, 4.69) is 95.6 Å². The summed E-state index contributed by atoms with van der Waals surface area (Å²) in [6.45, 7) is 16.5. The van der Waals surface area contributed by atoms with E-state index in [1.165, 1.54) is 48.0 Å². The van der Waals surface area contributed by atoms with Gasteiger partial charge in [0.1, 0.15) is 17.2 Å². The number of likely N-dealkylation sites (N-methyl/N-ethyl adjacent to an activating group) is 6. The molecule has 11 N–H and O–H groups in total. The summed E-state index contributed by atoms with van der Waals surface area (Å²) in [6, 6.07) is 33.3. The van der Waals surface area contributed by atoms with E-state index in [0.717, 1.165) is 80.4 Å². The van der Waals surface area contributed by atoms with Gasteiger partial charge in [0.05, 0.1) is 36.0 Å². The van der Waals surface area contributed by atoms with Crippen molar-refractivity contribution in [3.8, 4) is 17.2 Å². The zero-order valence-corrected chi connectivity index (χ0v) is 68.5. The molecule has 0 unspecified atom stereocenters. The summed E-state index contributed by atoms with van der Waals surface area (Å²) in [4.78, 5) is 76.8. The molecule has 0 aliphatic rings. The number of ether oxygens (including phenoxy) is 3. The van der Waals surface area contributed by atoms with Gasteiger partial charge >= 0.3 is 35.5 Å². The van der Waals surface area contributed by atoms with Gasteiger partial charge in [-0.25, -0.2) is 30.0 Å². The van der Waals surface area contributed by atoms with Gasteiger partial charge in [-0.05, 0) is 207 Å². The van der Waals surface area contributed by atoms with Gasteiger partial charge in [-0.2, -0.15) is 12.9 Å². The fraction of sp³-hybridized carbons (Fsp3) is 0.440. The Morgan fingerprint density at radius 3 is 0.798 bits per heavy atom. The third-order valence-electron chi connectivity index (χ3n) is 16.4. The van der Waals surface area contributed by atoms with E-state index in [4.69, 9.17) is 25.1 Å². The molecule has 34 heteroatoms. The van der Waals surface area contributed by atoms with Crippen LogP contribution in [-0.2, 0) is 78.5 Å². The molecule has 6 aromatic carbocycles. The quantitative estimate of drug-likeness (QED) is 0.0252. The average molecular weight is 1580 g/mol. The average Bonchev–Trinajstić information content (AvgIpc) is 0.796. The van der Waals surface area contributed by atoms with Gasteiger partial charge in [0, 0.05) is 136 Å². The molecule has 0 heterocycles. The number of hydrogen-bond donors (Lipinski definition) is 10. The van der Waals surface area contributed by atoms with E-state index in [-0.39, 0.29) is 67.0 Å². The minimum Gasteiger partial charge on any atom is -0.497 e. The number of amides is 5. The Bertz CT molecular complexity index is 4050. The Morgan fingerprint density at radius 1 is 0.349 bits per heavy atom. The fourth-order valence-electron chi connectivity index (χ4n) is 10.4. The number of hydrogen-bond acceptors (Lipinski definition) is 22. The van der Waals surface area contributed by atoms with Crippen LogP contribution in [0.5, 0.6) is 17.2 Å². The number of carbonyl (C=O) groups excluding carboxylic acids is 5. The van der Waals surface area contributed by atoms with Crippen LogP contribution in [-0.4, -0.2) is 257 Å². The van der Waals surface area contributed by atoms with Gasteiger partial charge in [0.25, 0.3) is 0 Å². The van der Waals surface area contributed by atoms with Crippen LogP contribution in [0.15, 0.2) is 124 Å². The lowest BCUT2D eigenvalue weighted by atomic mass is 10.1. The molecule has 0 aliphatic heterocycles. The van der Waals surface area contributed by atoms with Crippen molar-refractivity contribution in [2.75, 3.05) is 179 Å². The number of rotatable bonds is 35. The maximum Gasteiger partial charge on any atom is 0.394 e. The van der Waals surface area contributed by atoms with Crippen LogP contribution in [0.1, 0.15) is 50.1 Å². The molecule has 6 rings (SSSR count). The van der Waals surface area contributed by atoms with Crippen LogP contribution in [0, 0.1) is 41.5 Å². The van der Waals surface area contributed by atoms with Crippen LogP contribution in [0.3, 0.4) is 0 Å². The molecular formula is C75H113N15O16S3. The lowest BCUT2D eigenvalue weighted by Crippen LogP contribution is -2.43. The number of nitrogens with two attached hydrogens (primary N) is 1. The van der Waals surface area contributed by atoms with E-state index in [0.29, 0.717) is 57.2 Å². The lowest BCUT2D eigenvalue weighted by molar-refractivity contribution is -0.150. The normalized spacial score (nSPS) is 11.3. The van der Waals surface area contributed by atoms with Gasteiger partial charge < -0.3 is 82.3 Å². The molecule has 0 radical (unpaired) electrons. The second-order valence-electron chi connectivity index (χ2n) is 26.2. The second-order valence-corrected chi connectivity index (χ2v) is 32.1. The van der Waals surface area contributed by atoms with Crippen molar-refractivity contribution in [3.63, 3.8) is 0 Å². The Labute approximate surface area is 644 Å². The SMILES string of the molecule is CN(C)CCNc1ccc(CN)cc1.COc1cc(C)c(S(=O)(=O)N(C)CCNC(=O)C(=O)NCc2ccc(NCCN(C)C)cc2)c(C)c1.COc1cc(C)c(S(=O)(=O)N(C)CCNC(=O)C(=O)NCc2ccc(NCCN(C)C)cc2)c(C)c1.COc1cc(C)c(S(=O)(=O)N(C)CCNC(=O)C(=O)O)c(C)c1. The summed E-state index contributed by atoms with van der Waals surface area (Å²) in [5, 5.41) is 30.6. The number of nitrogens with one attached hydrogen (secondary N) is 8. The molecule has 31 nitrogen and oxygen atoms in total. The zero-order valence-electron chi connectivity index (χ0n) is 66.1. The number of nitrogens with zero attached hydrogens (tertiary/aromatic N) is 6. The predicted molar refractivity (Wildman–Crippen MR) is 426 cm³/mol. The number of aliphatic carboxylic acids is 1. The molecule has 0 aliphatic carbocycles. The molecule has 0 saturated carbocycles. The van der Waals surface area contributed by atoms with E-state index >= 15 is 0 Å². The number of carboxylic acids is 1. The monoisotopic (exact) mass is 1580 g/mol. The first-order valence-corrected chi connectivity index (χ1v) is 39.2. The molecule has 5 amide bonds. The standard InChI is InChI=1S/2C25H37N5O5S.C14H20N2O6S.C11H19N3/c2*1-18-15-22(35-6)16-19(2)23(18)36(33,34)30(5)14-12-27-24(31)25(32)28-17-20-7-9-21(10-8-20)26-11-13-29(3)4;1-9-7-11(22-4)8-10(2)12(9)23(20,21)16(3)6-5-15-13(17)14(18)19;1-14(2)8-7-13-11-5-3-10(9-12)4-6-11/h2*7-10,15-16,26H,11-14,17H2,1-6H3,(H,27,31)(H,28,32);7-8H,5-6H2,1-4H3,(H,15,17)(H,18,19);3-6,13H,7-9,12H2,1-2H3. The molecule has 0 aromatic heterocycles. The summed E-state index contributed by atoms with van der Waals surface area (Å²) >= 11 is 0. The first-order chi connectivity index (χ1) is 51.2. The van der Waals surface area contributed by atoms with Crippen molar-refractivity contribution in [2.24, 2.45) is 5.73 Å². The van der Waals surface area contributed by atoms with E-state index in [1.807, 2.05) is 76.7 Å². The Balaban J connectivity index is 0.000000396. The van der Waals surface area contributed by atoms with Crippen LogP contribution in [0.4, 0.5) is 17.1 Å². The molecule has 0 fully saturated rings. The molecular weight excluding hydrogens is 1460 g/mol. The highest BCUT2D eigenvalue weighted by Gasteiger charge is 2.29. The topological polar surface area (TPSA) is 394 Å². The van der Waals surface area contributed by atoms with Gasteiger partial charge in [0.2, 0.25) is 30.1 Å². The Kier molecular flexibility index (Phi) is 39.7. The van der Waals surface area contributed by atoms with Crippen molar-refractivity contribution in [1.82, 2.24) is 54.2 Å². The molecule has 0 saturated heterocycles. The number of carbonyl (C=O) groups is 6. The molecule has 0 atom stereocenters. The number of methoxy groups -OCH3 is 3. The second kappa shape index (κ2) is 46.1. The summed E-state index contributed by atoms with van der Waals surface area (Å²) in [5.41, 5.74) is 14.9. The van der Waals surface area contributed by atoms with Crippen molar-refractivity contribution in [3.05, 3.63) is 159 Å². The number of benzene rings is 6. The van der Waals surface area contributed by atoms with Gasteiger partial charge in [-0.15, -0.1) is 0 Å². The maximum atomic E-state index is 13.0. The summed E-state index contributed by atoms with van der Waals surface area (Å²) < 4.78 is 96.3. The lowest BCUT2D eigenvalue weighted by Gasteiger charge is -2.20. The van der Waals surface area contributed by atoms with E-state index in [9.17, 15) is 54.0 Å². The number of anilines is 3. The van der Waals surface area contributed by atoms with E-state index < -0.39 is 65.6 Å². The van der Waals surface area contributed by atoms with Crippen LogP contribution >= 0.6 is 0 Å². The van der Waals surface area contributed by atoms with Crippen molar-refractivity contribution < 1.29 is 73.3 Å². The Morgan fingerprint density at radius 2 is 0.578 bits per heavy atom. The van der Waals surface area contributed by atoms with Gasteiger partial charge in [-0.1, -0.05) is 36.4 Å². The number of aryl methyl sites for hydroxylation is 6. The van der Waals surface area contributed by atoms with Crippen LogP contribution in [0.25, 0.3) is 0 Å². The molecule has 109 heavy (non-hydrogen) atoms. The summed E-state index contributed by atoms with van der Waals surface area (Å²) in [6.07, 6.45) is 0. The smallest absolute Gasteiger partial charge is 0.394 e. The first-order valence-electron chi connectivity index (χ1n) is 34.8. The van der Waals surface area contributed by atoms with Crippen LogP contribution < -0.4 is 62.5 Å². The predicted octanol–water partition coefficient (Wildman–Crippen LogP) is 3.93. The minimum atomic E-state index is -3.79. The third kappa shape index (κ3) is 31.6. The molecule has 602 valence electrons.